The molecular formula is C9H8Cl2N4. The molecular weight excluding hydrogens is 235 g/mol. The van der Waals surface area contributed by atoms with Crippen LogP contribution in [0.5, 0.6) is 0 Å². The Hall–Kier alpha value is -1.13. The molecule has 0 bridgehead atoms. The fourth-order valence-electron chi connectivity index (χ4n) is 1.29. The van der Waals surface area contributed by atoms with Crippen molar-refractivity contribution in [3.8, 4) is 5.82 Å². The molecule has 2 rings (SSSR count). The van der Waals surface area contributed by atoms with Crippen LogP contribution in [0.25, 0.3) is 5.82 Å². The second kappa shape index (κ2) is 3.79. The van der Waals surface area contributed by atoms with Gasteiger partial charge in [0.2, 0.25) is 5.28 Å². The van der Waals surface area contributed by atoms with E-state index in [2.05, 4.69) is 15.1 Å². The molecule has 78 valence electrons. The second-order valence-corrected chi connectivity index (χ2v) is 3.80. The highest BCUT2D eigenvalue weighted by Crippen LogP contribution is 2.21. The zero-order chi connectivity index (χ0) is 11.0. The van der Waals surface area contributed by atoms with Crippen molar-refractivity contribution in [1.29, 1.82) is 0 Å². The highest BCUT2D eigenvalue weighted by molar-refractivity contribution is 6.31. The highest BCUT2D eigenvalue weighted by Gasteiger charge is 2.11. The van der Waals surface area contributed by atoms with Crippen molar-refractivity contribution in [3.05, 3.63) is 34.0 Å². The minimum Gasteiger partial charge on any atom is -0.226 e. The Kier molecular flexibility index (Phi) is 2.63. The Morgan fingerprint density at radius 2 is 2.00 bits per heavy atom. The van der Waals surface area contributed by atoms with Crippen LogP contribution >= 0.6 is 23.2 Å². The van der Waals surface area contributed by atoms with E-state index in [0.29, 0.717) is 10.8 Å². The number of hydrogen-bond acceptors (Lipinski definition) is 3. The third-order valence-electron chi connectivity index (χ3n) is 2.03. The van der Waals surface area contributed by atoms with Crippen LogP contribution in [0.1, 0.15) is 11.4 Å². The summed E-state index contributed by atoms with van der Waals surface area (Å²) in [6.45, 7) is 3.72. The molecule has 0 spiro atoms. The van der Waals surface area contributed by atoms with Crippen molar-refractivity contribution >= 4 is 23.2 Å². The van der Waals surface area contributed by atoms with E-state index in [1.54, 1.807) is 16.9 Å². The minimum atomic E-state index is 0.191. The van der Waals surface area contributed by atoms with E-state index in [4.69, 9.17) is 23.2 Å². The fourth-order valence-corrected chi connectivity index (χ4v) is 1.55. The maximum atomic E-state index is 6.03. The van der Waals surface area contributed by atoms with Crippen molar-refractivity contribution in [2.24, 2.45) is 0 Å². The predicted molar refractivity (Wildman–Crippen MR) is 58.6 cm³/mol. The molecule has 0 N–H and O–H groups in total. The monoisotopic (exact) mass is 242 g/mol. The van der Waals surface area contributed by atoms with Gasteiger partial charge < -0.3 is 0 Å². The molecule has 0 saturated heterocycles. The van der Waals surface area contributed by atoms with Crippen LogP contribution in [0.2, 0.25) is 10.3 Å². The normalized spacial score (nSPS) is 10.7. The molecule has 2 heterocycles. The summed E-state index contributed by atoms with van der Waals surface area (Å²) in [5, 5.41) is 5.09. The SMILES string of the molecule is Cc1nn(-c2ccnc(Cl)n2)c(C)c1Cl. The van der Waals surface area contributed by atoms with Crippen molar-refractivity contribution in [3.63, 3.8) is 0 Å². The van der Waals surface area contributed by atoms with E-state index in [1.807, 2.05) is 13.8 Å². The molecule has 2 aromatic rings. The molecule has 0 saturated carbocycles. The number of halogens is 2. The van der Waals surface area contributed by atoms with Crippen LogP contribution in [0.3, 0.4) is 0 Å². The van der Waals surface area contributed by atoms with E-state index in [0.717, 1.165) is 11.4 Å². The highest BCUT2D eigenvalue weighted by atomic mass is 35.5. The zero-order valence-corrected chi connectivity index (χ0v) is 9.71. The summed E-state index contributed by atoms with van der Waals surface area (Å²) in [6.07, 6.45) is 1.58. The maximum Gasteiger partial charge on any atom is 0.224 e. The van der Waals surface area contributed by atoms with E-state index in [-0.39, 0.29) is 5.28 Å². The standard InChI is InChI=1S/C9H8Cl2N4/c1-5-8(10)6(2)15(14-5)7-3-4-12-9(11)13-7/h3-4H,1-2H3. The van der Waals surface area contributed by atoms with Crippen LogP contribution in [0.4, 0.5) is 0 Å². The lowest BCUT2D eigenvalue weighted by Crippen LogP contribution is -2.02. The molecule has 0 aliphatic heterocycles. The summed E-state index contributed by atoms with van der Waals surface area (Å²) in [5.74, 6) is 0.613. The van der Waals surface area contributed by atoms with E-state index >= 15 is 0 Å². The molecule has 0 fully saturated rings. The second-order valence-electron chi connectivity index (χ2n) is 3.08. The van der Waals surface area contributed by atoms with Crippen molar-refractivity contribution in [2.75, 3.05) is 0 Å². The molecule has 0 atom stereocenters. The van der Waals surface area contributed by atoms with Crippen molar-refractivity contribution in [1.82, 2.24) is 19.7 Å². The average Bonchev–Trinajstić information content (AvgIpc) is 2.46. The van der Waals surface area contributed by atoms with Crippen LogP contribution < -0.4 is 0 Å². The lowest BCUT2D eigenvalue weighted by atomic mass is 10.4. The van der Waals surface area contributed by atoms with Gasteiger partial charge in [-0.1, -0.05) is 11.6 Å². The number of rotatable bonds is 1. The van der Waals surface area contributed by atoms with Gasteiger partial charge in [-0.3, -0.25) is 0 Å². The third-order valence-corrected chi connectivity index (χ3v) is 2.76. The van der Waals surface area contributed by atoms with Gasteiger partial charge in [0, 0.05) is 12.3 Å². The van der Waals surface area contributed by atoms with Gasteiger partial charge in [-0.05, 0) is 25.4 Å². The van der Waals surface area contributed by atoms with Crippen LogP contribution in [-0.4, -0.2) is 19.7 Å². The average molecular weight is 243 g/mol. The van der Waals surface area contributed by atoms with Gasteiger partial charge in [0.1, 0.15) is 0 Å². The van der Waals surface area contributed by atoms with E-state index in [1.165, 1.54) is 0 Å². The Balaban J connectivity index is 2.59. The van der Waals surface area contributed by atoms with Gasteiger partial charge in [0.05, 0.1) is 16.4 Å². The summed E-state index contributed by atoms with van der Waals surface area (Å²) in [4.78, 5) is 7.86. The van der Waals surface area contributed by atoms with Crippen molar-refractivity contribution in [2.45, 2.75) is 13.8 Å². The lowest BCUT2D eigenvalue weighted by Gasteiger charge is -2.02. The smallest absolute Gasteiger partial charge is 0.224 e. The van der Waals surface area contributed by atoms with Gasteiger partial charge in [0.15, 0.2) is 5.82 Å². The summed E-state index contributed by atoms with van der Waals surface area (Å²) >= 11 is 11.7. The first-order chi connectivity index (χ1) is 7.09. The van der Waals surface area contributed by atoms with Crippen LogP contribution in [0.15, 0.2) is 12.3 Å². The quantitative estimate of drug-likeness (QED) is 0.723. The first-order valence-electron chi connectivity index (χ1n) is 4.30. The minimum absolute atomic E-state index is 0.191. The Morgan fingerprint density at radius 3 is 2.53 bits per heavy atom. The Labute approximate surface area is 96.9 Å². The number of nitrogens with zero attached hydrogens (tertiary/aromatic N) is 4. The number of aromatic nitrogens is 4. The topological polar surface area (TPSA) is 43.6 Å². The van der Waals surface area contributed by atoms with E-state index < -0.39 is 0 Å². The third kappa shape index (κ3) is 1.82. The summed E-state index contributed by atoms with van der Waals surface area (Å²) in [7, 11) is 0. The molecule has 0 amide bonds. The molecule has 0 aromatic carbocycles. The van der Waals surface area contributed by atoms with Crippen LogP contribution in [-0.2, 0) is 0 Å². The van der Waals surface area contributed by atoms with Crippen LogP contribution in [0, 0.1) is 13.8 Å². The van der Waals surface area contributed by atoms with Gasteiger partial charge in [0.25, 0.3) is 0 Å². The predicted octanol–water partition coefficient (Wildman–Crippen LogP) is 2.59. The molecule has 15 heavy (non-hydrogen) atoms. The molecule has 4 nitrogen and oxygen atoms in total. The van der Waals surface area contributed by atoms with Gasteiger partial charge in [-0.15, -0.1) is 0 Å². The summed E-state index contributed by atoms with van der Waals surface area (Å²) in [6, 6.07) is 1.72. The maximum absolute atomic E-state index is 6.03. The molecule has 2 aromatic heterocycles. The molecule has 0 aliphatic carbocycles. The first kappa shape index (κ1) is 10.4. The lowest BCUT2D eigenvalue weighted by molar-refractivity contribution is 0.801. The largest absolute Gasteiger partial charge is 0.226 e. The molecule has 0 radical (unpaired) electrons. The van der Waals surface area contributed by atoms with Gasteiger partial charge in [-0.2, -0.15) is 10.1 Å². The van der Waals surface area contributed by atoms with Gasteiger partial charge >= 0.3 is 0 Å². The first-order valence-corrected chi connectivity index (χ1v) is 5.06. The molecule has 6 heteroatoms. The Morgan fingerprint density at radius 1 is 1.27 bits per heavy atom. The molecule has 0 unspecified atom stereocenters. The summed E-state index contributed by atoms with van der Waals surface area (Å²) in [5.41, 5.74) is 1.60. The summed E-state index contributed by atoms with van der Waals surface area (Å²) < 4.78 is 1.64. The zero-order valence-electron chi connectivity index (χ0n) is 8.20. The Bertz CT molecular complexity index is 507. The van der Waals surface area contributed by atoms with Crippen molar-refractivity contribution < 1.29 is 0 Å². The van der Waals surface area contributed by atoms with E-state index in [9.17, 15) is 0 Å². The fraction of sp³-hybridized carbons (Fsp3) is 0.222. The molecule has 0 aliphatic rings. The number of aryl methyl sites for hydroxylation is 1. The van der Waals surface area contributed by atoms with Gasteiger partial charge in [-0.25, -0.2) is 9.67 Å². The number of hydrogen-bond donors (Lipinski definition) is 0.